The van der Waals surface area contributed by atoms with E-state index in [-0.39, 0.29) is 24.7 Å². The molecule has 0 fully saturated rings. The van der Waals surface area contributed by atoms with Crippen LogP contribution in [0.4, 0.5) is 5.69 Å². The molecule has 31 heavy (non-hydrogen) atoms. The van der Waals surface area contributed by atoms with E-state index in [9.17, 15) is 9.59 Å². The van der Waals surface area contributed by atoms with Gasteiger partial charge in [0.1, 0.15) is 0 Å². The van der Waals surface area contributed by atoms with Gasteiger partial charge >= 0.3 is 0 Å². The van der Waals surface area contributed by atoms with Gasteiger partial charge in [-0.1, -0.05) is 22.0 Å². The molecule has 0 aromatic heterocycles. The number of anilines is 1. The van der Waals surface area contributed by atoms with E-state index in [0.717, 1.165) is 14.5 Å². The molecule has 0 aliphatic heterocycles. The molecular formula is C22H25Br2N3O4. The van der Waals surface area contributed by atoms with Gasteiger partial charge in [0.15, 0.2) is 11.5 Å². The number of carbonyl (C=O) groups is 2. The molecule has 166 valence electrons. The molecule has 2 aromatic rings. The molecule has 0 atom stereocenters. The van der Waals surface area contributed by atoms with Gasteiger partial charge in [-0.15, -0.1) is 0 Å². The summed E-state index contributed by atoms with van der Waals surface area (Å²) in [6, 6.07) is 11.0. The summed E-state index contributed by atoms with van der Waals surface area (Å²) in [4.78, 5) is 24.0. The van der Waals surface area contributed by atoms with Gasteiger partial charge in [0, 0.05) is 23.0 Å². The third-order valence-electron chi connectivity index (χ3n) is 3.94. The second kappa shape index (κ2) is 13.1. The molecule has 9 heteroatoms. The van der Waals surface area contributed by atoms with E-state index in [1.807, 2.05) is 38.1 Å². The lowest BCUT2D eigenvalue weighted by Crippen LogP contribution is -2.18. The van der Waals surface area contributed by atoms with E-state index in [0.29, 0.717) is 36.8 Å². The topological polar surface area (TPSA) is 89.0 Å². The van der Waals surface area contributed by atoms with Gasteiger partial charge in [0.25, 0.3) is 0 Å². The number of rotatable bonds is 11. The predicted molar refractivity (Wildman–Crippen MR) is 129 cm³/mol. The Bertz CT molecular complexity index is 935. The molecule has 7 nitrogen and oxygen atoms in total. The summed E-state index contributed by atoms with van der Waals surface area (Å²) >= 11 is 6.83. The lowest BCUT2D eigenvalue weighted by molar-refractivity contribution is -0.121. The highest BCUT2D eigenvalue weighted by atomic mass is 79.9. The predicted octanol–water partition coefficient (Wildman–Crippen LogP) is 5.27. The van der Waals surface area contributed by atoms with E-state index in [4.69, 9.17) is 9.47 Å². The number of hydrazone groups is 1. The summed E-state index contributed by atoms with van der Waals surface area (Å²) in [6.07, 6.45) is 2.39. The molecule has 0 aliphatic carbocycles. The number of hydrogen-bond acceptors (Lipinski definition) is 5. The number of ether oxygens (including phenoxy) is 2. The van der Waals surface area contributed by atoms with Crippen LogP contribution in [0.15, 0.2) is 50.4 Å². The van der Waals surface area contributed by atoms with E-state index in [1.54, 1.807) is 12.1 Å². The molecule has 2 N–H and O–H groups in total. The zero-order valence-corrected chi connectivity index (χ0v) is 20.6. The molecule has 0 radical (unpaired) electrons. The van der Waals surface area contributed by atoms with Crippen LogP contribution >= 0.6 is 31.9 Å². The average molecular weight is 555 g/mol. The fraction of sp³-hybridized carbons (Fsp3) is 0.318. The number of nitrogens with one attached hydrogen (secondary N) is 2. The number of benzene rings is 2. The number of carbonyl (C=O) groups excluding carboxylic acids is 2. The Morgan fingerprint density at radius 3 is 2.48 bits per heavy atom. The van der Waals surface area contributed by atoms with Crippen LogP contribution in [0.5, 0.6) is 11.5 Å². The first-order valence-electron chi connectivity index (χ1n) is 9.89. The summed E-state index contributed by atoms with van der Waals surface area (Å²) in [5, 5.41) is 6.79. The maximum absolute atomic E-state index is 12.0. The minimum Gasteiger partial charge on any atom is -0.490 e. The van der Waals surface area contributed by atoms with E-state index in [1.165, 1.54) is 6.21 Å². The molecule has 2 rings (SSSR count). The van der Waals surface area contributed by atoms with Crippen molar-refractivity contribution < 1.29 is 19.1 Å². The van der Waals surface area contributed by atoms with Crippen molar-refractivity contribution in [2.75, 3.05) is 18.5 Å². The Kier molecular flexibility index (Phi) is 10.5. The van der Waals surface area contributed by atoms with Crippen LogP contribution in [0.25, 0.3) is 0 Å². The van der Waals surface area contributed by atoms with Crippen molar-refractivity contribution in [1.29, 1.82) is 0 Å². The van der Waals surface area contributed by atoms with Gasteiger partial charge in [0.05, 0.1) is 23.9 Å². The number of hydrogen-bond donors (Lipinski definition) is 2. The van der Waals surface area contributed by atoms with Gasteiger partial charge in [-0.05, 0) is 72.1 Å². The van der Waals surface area contributed by atoms with Crippen LogP contribution in [0.1, 0.15) is 38.7 Å². The Hall–Kier alpha value is -2.39. The summed E-state index contributed by atoms with van der Waals surface area (Å²) in [6.45, 7) is 4.81. The SMILES string of the molecule is CCOc1cc(/C=N\NC(=O)CCCC(=O)Nc2cccc(Br)c2)cc(Br)c1OCC. The van der Waals surface area contributed by atoms with Crippen LogP contribution < -0.4 is 20.2 Å². The van der Waals surface area contributed by atoms with Crippen LogP contribution in [-0.4, -0.2) is 31.2 Å². The zero-order chi connectivity index (χ0) is 22.6. The third kappa shape index (κ3) is 8.70. The molecular weight excluding hydrogens is 530 g/mol. The van der Waals surface area contributed by atoms with Crippen LogP contribution in [0.3, 0.4) is 0 Å². The zero-order valence-electron chi connectivity index (χ0n) is 17.4. The fourth-order valence-corrected chi connectivity index (χ4v) is 3.62. The minimum absolute atomic E-state index is 0.142. The summed E-state index contributed by atoms with van der Waals surface area (Å²) in [7, 11) is 0. The second-order valence-electron chi connectivity index (χ2n) is 6.40. The van der Waals surface area contributed by atoms with E-state index in [2.05, 4.69) is 47.7 Å². The Labute approximate surface area is 198 Å². The molecule has 0 heterocycles. The van der Waals surface area contributed by atoms with Crippen LogP contribution in [0.2, 0.25) is 0 Å². The molecule has 0 saturated carbocycles. The highest BCUT2D eigenvalue weighted by Gasteiger charge is 2.11. The van der Waals surface area contributed by atoms with Crippen molar-refractivity contribution in [3.05, 3.63) is 50.9 Å². The normalized spacial score (nSPS) is 10.7. The third-order valence-corrected chi connectivity index (χ3v) is 5.02. The summed E-state index contributed by atoms with van der Waals surface area (Å²) < 4.78 is 12.8. The smallest absolute Gasteiger partial charge is 0.240 e. The summed E-state index contributed by atoms with van der Waals surface area (Å²) in [5.41, 5.74) is 3.93. The molecule has 0 unspecified atom stereocenters. The highest BCUT2D eigenvalue weighted by Crippen LogP contribution is 2.36. The number of nitrogens with zero attached hydrogens (tertiary/aromatic N) is 1. The Morgan fingerprint density at radius 1 is 1.03 bits per heavy atom. The van der Waals surface area contributed by atoms with Crippen molar-refractivity contribution in [2.45, 2.75) is 33.1 Å². The van der Waals surface area contributed by atoms with Gasteiger partial charge in [-0.25, -0.2) is 5.43 Å². The van der Waals surface area contributed by atoms with Crippen molar-refractivity contribution >= 4 is 55.6 Å². The first-order valence-corrected chi connectivity index (χ1v) is 11.5. The molecule has 2 amide bonds. The molecule has 0 aliphatic rings. The standard InChI is InChI=1S/C22H25Br2N3O4/c1-3-30-19-12-15(11-18(24)22(19)31-4-2)14-25-27-21(29)10-6-9-20(28)26-17-8-5-7-16(23)13-17/h5,7-8,11-14H,3-4,6,9-10H2,1-2H3,(H,26,28)(H,27,29)/b25-14-. The fourth-order valence-electron chi connectivity index (χ4n) is 2.64. The van der Waals surface area contributed by atoms with Gasteiger partial charge in [0.2, 0.25) is 11.8 Å². The second-order valence-corrected chi connectivity index (χ2v) is 8.17. The van der Waals surface area contributed by atoms with E-state index < -0.39 is 0 Å². The van der Waals surface area contributed by atoms with Crippen molar-refractivity contribution in [2.24, 2.45) is 5.10 Å². The molecule has 2 aromatic carbocycles. The van der Waals surface area contributed by atoms with E-state index >= 15 is 0 Å². The average Bonchev–Trinajstić information content (AvgIpc) is 2.71. The Morgan fingerprint density at radius 2 is 1.77 bits per heavy atom. The maximum Gasteiger partial charge on any atom is 0.240 e. The lowest BCUT2D eigenvalue weighted by atomic mass is 10.2. The first kappa shape index (κ1) is 24.9. The monoisotopic (exact) mass is 553 g/mol. The van der Waals surface area contributed by atoms with Gasteiger partial charge in [-0.2, -0.15) is 5.10 Å². The minimum atomic E-state index is -0.262. The maximum atomic E-state index is 12.0. The molecule has 0 saturated heterocycles. The molecule has 0 spiro atoms. The summed E-state index contributed by atoms with van der Waals surface area (Å²) in [5.74, 6) is 0.827. The number of halogens is 2. The largest absolute Gasteiger partial charge is 0.490 e. The first-order chi connectivity index (χ1) is 14.9. The van der Waals surface area contributed by atoms with Gasteiger partial charge < -0.3 is 14.8 Å². The molecule has 0 bridgehead atoms. The van der Waals surface area contributed by atoms with Crippen molar-refractivity contribution in [3.8, 4) is 11.5 Å². The number of amides is 2. The van der Waals surface area contributed by atoms with Crippen LogP contribution in [-0.2, 0) is 9.59 Å². The quantitative estimate of drug-likeness (QED) is 0.292. The van der Waals surface area contributed by atoms with Crippen molar-refractivity contribution in [1.82, 2.24) is 5.43 Å². The Balaban J connectivity index is 1.80. The van der Waals surface area contributed by atoms with Crippen LogP contribution in [0, 0.1) is 0 Å². The lowest BCUT2D eigenvalue weighted by Gasteiger charge is -2.13. The van der Waals surface area contributed by atoms with Gasteiger partial charge in [-0.3, -0.25) is 9.59 Å². The van der Waals surface area contributed by atoms with Crippen molar-refractivity contribution in [3.63, 3.8) is 0 Å². The highest BCUT2D eigenvalue weighted by molar-refractivity contribution is 9.10.